The Morgan fingerprint density at radius 2 is 1.71 bits per heavy atom. The van der Waals surface area contributed by atoms with E-state index in [0.29, 0.717) is 6.07 Å². The number of rotatable bonds is 6. The van der Waals surface area contributed by atoms with Gasteiger partial charge in [0.15, 0.2) is 17.5 Å². The molecule has 0 aliphatic heterocycles. The van der Waals surface area contributed by atoms with Gasteiger partial charge in [0, 0.05) is 11.6 Å². The monoisotopic (exact) mass is 399 g/mol. The molecule has 0 aliphatic rings. The predicted molar refractivity (Wildman–Crippen MR) is 90.8 cm³/mol. The maximum Gasteiger partial charge on any atom is 0.341 e. The van der Waals surface area contributed by atoms with Gasteiger partial charge in [0.2, 0.25) is 5.78 Å². The number of hydrogen-bond donors (Lipinski definition) is 1. The van der Waals surface area contributed by atoms with Crippen molar-refractivity contribution in [1.82, 2.24) is 0 Å². The summed E-state index contributed by atoms with van der Waals surface area (Å²) in [6.07, 6.45) is 0. The number of carbonyl (C=O) groups is 2. The molecule has 0 unspecified atom stereocenters. The molecule has 0 amide bonds. The zero-order valence-corrected chi connectivity index (χ0v) is 14.8. The first-order chi connectivity index (χ1) is 13.1. The lowest BCUT2D eigenvalue weighted by Crippen LogP contribution is -2.19. The van der Waals surface area contributed by atoms with Crippen molar-refractivity contribution in [1.29, 1.82) is 0 Å². The zero-order valence-electron chi connectivity index (χ0n) is 14.8. The average Bonchev–Trinajstić information content (AvgIpc) is 2.64. The lowest BCUT2D eigenvalue weighted by Gasteiger charge is -2.16. The number of hydrogen-bond acceptors (Lipinski definition) is 4. The minimum Gasteiger partial charge on any atom is -0.462 e. The van der Waals surface area contributed by atoms with Gasteiger partial charge in [-0.3, -0.25) is 4.79 Å². The smallest absolute Gasteiger partial charge is 0.341 e. The van der Waals surface area contributed by atoms with Gasteiger partial charge in [-0.05, 0) is 26.0 Å². The number of ether oxygens (including phenoxy) is 1. The molecule has 2 rings (SSSR count). The molecular weight excluding hydrogens is 385 g/mol. The molecule has 9 heteroatoms. The largest absolute Gasteiger partial charge is 0.462 e. The first-order valence-electron chi connectivity index (χ1n) is 7.89. The van der Waals surface area contributed by atoms with Crippen LogP contribution in [-0.2, 0) is 9.53 Å². The molecule has 0 saturated heterocycles. The number of benzene rings is 2. The Balaban J connectivity index is 2.59. The van der Waals surface area contributed by atoms with Crippen LogP contribution in [0.25, 0.3) is 0 Å². The fraction of sp³-hybridized carbons (Fsp3) is 0.158. The van der Waals surface area contributed by atoms with Crippen LogP contribution in [0.4, 0.5) is 33.3 Å². The normalized spacial score (nSPS) is 10.5. The molecule has 2 aromatic carbocycles. The van der Waals surface area contributed by atoms with Crippen LogP contribution in [0.1, 0.15) is 22.8 Å². The lowest BCUT2D eigenvalue weighted by molar-refractivity contribution is -0.138. The second kappa shape index (κ2) is 8.20. The summed E-state index contributed by atoms with van der Waals surface area (Å²) < 4.78 is 74.7. The summed E-state index contributed by atoms with van der Waals surface area (Å²) in [5, 5.41) is 1.96. The number of Topliss-reactive ketones (excluding diaryl/α,β-unsaturated/α-hetero) is 1. The number of anilines is 2. The Hall–Kier alpha value is -3.23. The van der Waals surface area contributed by atoms with Crippen LogP contribution in [0, 0.1) is 36.0 Å². The second-order valence-electron chi connectivity index (χ2n) is 5.59. The zero-order chi connectivity index (χ0) is 21.2. The van der Waals surface area contributed by atoms with E-state index in [-0.39, 0.29) is 6.61 Å². The van der Waals surface area contributed by atoms with E-state index in [9.17, 15) is 31.5 Å². The van der Waals surface area contributed by atoms with E-state index in [1.807, 2.05) is 5.32 Å². The van der Waals surface area contributed by atoms with Crippen molar-refractivity contribution in [3.05, 3.63) is 70.6 Å². The Morgan fingerprint density at radius 1 is 1.07 bits per heavy atom. The molecule has 0 atom stereocenters. The molecule has 0 radical (unpaired) electrons. The fourth-order valence-electron chi connectivity index (χ4n) is 2.34. The number of nitrogens with one attached hydrogen (secondary N) is 1. The second-order valence-corrected chi connectivity index (χ2v) is 5.59. The highest BCUT2D eigenvalue weighted by molar-refractivity contribution is 6.24. The van der Waals surface area contributed by atoms with E-state index in [1.165, 1.54) is 6.92 Å². The summed E-state index contributed by atoms with van der Waals surface area (Å²) in [5.41, 5.74) is -4.23. The van der Waals surface area contributed by atoms with E-state index >= 15 is 0 Å². The highest BCUT2D eigenvalue weighted by Crippen LogP contribution is 2.33. The Labute approximate surface area is 156 Å². The van der Waals surface area contributed by atoms with Gasteiger partial charge in [0.1, 0.15) is 22.9 Å². The SMILES string of the molecule is C=C(C(=O)OCC)C(=O)c1c(C)c(F)c(F)c(Nc2ccc(F)cc2F)c1F. The molecule has 0 saturated carbocycles. The molecule has 1 N–H and O–H groups in total. The lowest BCUT2D eigenvalue weighted by atomic mass is 9.97. The van der Waals surface area contributed by atoms with Gasteiger partial charge in [-0.15, -0.1) is 0 Å². The van der Waals surface area contributed by atoms with Crippen molar-refractivity contribution in [2.24, 2.45) is 0 Å². The summed E-state index contributed by atoms with van der Waals surface area (Å²) in [4.78, 5) is 24.1. The van der Waals surface area contributed by atoms with Crippen molar-refractivity contribution in [2.75, 3.05) is 11.9 Å². The molecule has 0 fully saturated rings. The first kappa shape index (κ1) is 21.1. The van der Waals surface area contributed by atoms with Crippen LogP contribution in [0.15, 0.2) is 30.4 Å². The third kappa shape index (κ3) is 3.88. The topological polar surface area (TPSA) is 55.4 Å². The minimum absolute atomic E-state index is 0.0962. The third-order valence-corrected chi connectivity index (χ3v) is 3.77. The summed E-state index contributed by atoms with van der Waals surface area (Å²) >= 11 is 0. The van der Waals surface area contributed by atoms with Gasteiger partial charge in [0.05, 0.1) is 17.9 Å². The Bertz CT molecular complexity index is 988. The molecule has 0 bridgehead atoms. The number of esters is 1. The van der Waals surface area contributed by atoms with E-state index in [2.05, 4.69) is 11.3 Å². The molecule has 0 spiro atoms. The summed E-state index contributed by atoms with van der Waals surface area (Å²) in [6.45, 7) is 5.48. The van der Waals surface area contributed by atoms with E-state index in [1.54, 1.807) is 0 Å². The molecule has 4 nitrogen and oxygen atoms in total. The summed E-state index contributed by atoms with van der Waals surface area (Å²) in [6, 6.07) is 2.08. The summed E-state index contributed by atoms with van der Waals surface area (Å²) in [7, 11) is 0. The van der Waals surface area contributed by atoms with Crippen molar-refractivity contribution in [2.45, 2.75) is 13.8 Å². The van der Waals surface area contributed by atoms with Crippen LogP contribution >= 0.6 is 0 Å². The quantitative estimate of drug-likeness (QED) is 0.145. The van der Waals surface area contributed by atoms with E-state index in [0.717, 1.165) is 19.1 Å². The Kier molecular flexibility index (Phi) is 6.17. The van der Waals surface area contributed by atoms with Crippen LogP contribution in [-0.4, -0.2) is 18.4 Å². The number of halogens is 5. The van der Waals surface area contributed by atoms with Crippen LogP contribution in [0.5, 0.6) is 0 Å². The maximum absolute atomic E-state index is 14.9. The molecular formula is C19H14F5NO3. The molecule has 148 valence electrons. The molecule has 2 aromatic rings. The van der Waals surface area contributed by atoms with Crippen LogP contribution in [0.2, 0.25) is 0 Å². The maximum atomic E-state index is 14.9. The highest BCUT2D eigenvalue weighted by Gasteiger charge is 2.30. The standard InChI is InChI=1S/C19H14F5NO3/c1-4-28-19(27)9(3)18(26)13-8(2)14(22)16(24)17(15(13)23)25-12-6-5-10(20)7-11(12)21/h5-7,25H,3-4H2,1-2H3. The van der Waals surface area contributed by atoms with Crippen molar-refractivity contribution < 1.29 is 36.3 Å². The Morgan fingerprint density at radius 3 is 2.29 bits per heavy atom. The predicted octanol–water partition coefficient (Wildman–Crippen LogP) is 4.74. The van der Waals surface area contributed by atoms with E-state index in [4.69, 9.17) is 0 Å². The first-order valence-corrected chi connectivity index (χ1v) is 7.89. The van der Waals surface area contributed by atoms with Crippen molar-refractivity contribution in [3.63, 3.8) is 0 Å². The fourth-order valence-corrected chi connectivity index (χ4v) is 2.34. The van der Waals surface area contributed by atoms with Crippen LogP contribution in [0.3, 0.4) is 0 Å². The van der Waals surface area contributed by atoms with Gasteiger partial charge in [-0.25, -0.2) is 26.7 Å². The number of ketones is 1. The van der Waals surface area contributed by atoms with Crippen molar-refractivity contribution >= 4 is 23.1 Å². The van der Waals surface area contributed by atoms with Crippen molar-refractivity contribution in [3.8, 4) is 0 Å². The third-order valence-electron chi connectivity index (χ3n) is 3.77. The molecule has 0 aromatic heterocycles. The average molecular weight is 399 g/mol. The molecule has 0 heterocycles. The minimum atomic E-state index is -1.72. The number of carbonyl (C=O) groups excluding carboxylic acids is 2. The van der Waals surface area contributed by atoms with Gasteiger partial charge in [-0.1, -0.05) is 6.58 Å². The van der Waals surface area contributed by atoms with Gasteiger partial charge in [-0.2, -0.15) is 0 Å². The van der Waals surface area contributed by atoms with E-state index < -0.39 is 68.9 Å². The summed E-state index contributed by atoms with van der Waals surface area (Å²) in [5.74, 6) is -9.52. The van der Waals surface area contributed by atoms with Crippen LogP contribution < -0.4 is 5.32 Å². The van der Waals surface area contributed by atoms with Gasteiger partial charge in [0.25, 0.3) is 0 Å². The molecule has 0 aliphatic carbocycles. The van der Waals surface area contributed by atoms with Gasteiger partial charge >= 0.3 is 5.97 Å². The highest BCUT2D eigenvalue weighted by atomic mass is 19.2. The van der Waals surface area contributed by atoms with Gasteiger partial charge < -0.3 is 10.1 Å². The molecule has 28 heavy (non-hydrogen) atoms.